The number of fused-ring (bicyclic) bond motifs is 8. The highest BCUT2D eigenvalue weighted by molar-refractivity contribution is 6.00. The van der Waals surface area contributed by atoms with Crippen molar-refractivity contribution < 1.29 is 75.9 Å². The third-order valence-electron chi connectivity index (χ3n) is 16.3. The fourth-order valence-electron chi connectivity index (χ4n) is 11.6. The van der Waals surface area contributed by atoms with Gasteiger partial charge in [-0.05, 0) is 132 Å². The number of quaternary nitrogens is 2. The van der Waals surface area contributed by atoms with Gasteiger partial charge in [0.1, 0.15) is 23.0 Å². The standard InChI is InChI=1S/C76H98N6O4.2HI/c1-9-11-13-15-17-19-21-23-53-83-61-35-27-57(28-36-61)73-65-43-47-69(77-65)75(59-31-39-63(40-32-59)85-55-25-51-81(3,4)5)71-49-45-67(79-71)74(58-29-37-62(38-30-58)84-54-24-22-20-18-16-14-12-10-2)68-46-50-72(80-68)76(70-48-44-66(73)78-70)60-33-41-64(42-34-60)86-56-26-52-82(6,7)8;;/h27-50,77,79H,9-26,51-56H2,1-8H3;2*1H/q+2;;/p-2. The molecule has 9 rings (SSSR count). The average molecular weight is 1410 g/mol. The molecule has 2 aliphatic rings. The molecule has 0 saturated heterocycles. The lowest BCUT2D eigenvalue weighted by Crippen LogP contribution is -3.00. The van der Waals surface area contributed by atoms with Crippen LogP contribution in [0.2, 0.25) is 0 Å². The lowest BCUT2D eigenvalue weighted by molar-refractivity contribution is -0.870. The number of H-pyrrole nitrogens is 2. The number of benzene rings is 4. The summed E-state index contributed by atoms with van der Waals surface area (Å²) in [7, 11) is 13.3. The molecule has 10 nitrogen and oxygen atoms in total. The molecule has 12 heteroatoms. The van der Waals surface area contributed by atoms with Crippen molar-refractivity contribution in [1.29, 1.82) is 0 Å². The molecule has 0 saturated carbocycles. The van der Waals surface area contributed by atoms with Gasteiger partial charge in [0.25, 0.3) is 0 Å². The maximum Gasteiger partial charge on any atom is 0.119 e. The minimum absolute atomic E-state index is 0. The largest absolute Gasteiger partial charge is 1.00 e. The zero-order valence-corrected chi connectivity index (χ0v) is 58.3. The molecule has 0 spiro atoms. The molecule has 4 aromatic carbocycles. The first-order chi connectivity index (χ1) is 41.8. The molecule has 470 valence electrons. The molecule has 0 radical (unpaired) electrons. The fraction of sp³-hybridized carbons (Fsp3) is 0.421. The van der Waals surface area contributed by atoms with Crippen molar-refractivity contribution in [2.75, 3.05) is 81.8 Å². The number of aromatic amines is 2. The van der Waals surface area contributed by atoms with Crippen LogP contribution in [0.3, 0.4) is 0 Å². The van der Waals surface area contributed by atoms with Crippen molar-refractivity contribution in [1.82, 2.24) is 19.9 Å². The van der Waals surface area contributed by atoms with Crippen LogP contribution in [0, 0.1) is 0 Å². The van der Waals surface area contributed by atoms with E-state index >= 15 is 0 Å². The second-order valence-electron chi connectivity index (χ2n) is 25.7. The van der Waals surface area contributed by atoms with Crippen molar-refractivity contribution in [3.8, 4) is 67.5 Å². The van der Waals surface area contributed by atoms with Gasteiger partial charge in [0, 0.05) is 57.2 Å². The van der Waals surface area contributed by atoms with Crippen LogP contribution < -0.4 is 66.9 Å². The van der Waals surface area contributed by atoms with Crippen LogP contribution in [0.25, 0.3) is 90.9 Å². The molecule has 3 aromatic heterocycles. The van der Waals surface area contributed by atoms with Crippen LogP contribution >= 0.6 is 0 Å². The molecule has 2 N–H and O–H groups in total. The van der Waals surface area contributed by atoms with Crippen molar-refractivity contribution >= 4 is 46.4 Å². The monoisotopic (exact) mass is 1410 g/mol. The van der Waals surface area contributed by atoms with Gasteiger partial charge in [-0.1, -0.05) is 152 Å². The summed E-state index contributed by atoms with van der Waals surface area (Å²) in [5, 5.41) is 0. The Hall–Kier alpha value is -5.94. The molecule has 7 aromatic rings. The molecule has 0 atom stereocenters. The van der Waals surface area contributed by atoms with Crippen LogP contribution in [0.5, 0.6) is 23.0 Å². The van der Waals surface area contributed by atoms with Crippen LogP contribution in [0.15, 0.2) is 121 Å². The lowest BCUT2D eigenvalue weighted by Gasteiger charge is -2.23. The van der Waals surface area contributed by atoms with E-state index in [4.69, 9.17) is 28.9 Å². The quantitative estimate of drug-likeness (QED) is 0.0237. The van der Waals surface area contributed by atoms with Gasteiger partial charge in [-0.15, -0.1) is 0 Å². The van der Waals surface area contributed by atoms with E-state index in [1.165, 1.54) is 89.9 Å². The first-order valence-electron chi connectivity index (χ1n) is 32.5. The zero-order valence-electron chi connectivity index (χ0n) is 54.0. The van der Waals surface area contributed by atoms with E-state index in [9.17, 15) is 0 Å². The Morgan fingerprint density at radius 1 is 0.295 bits per heavy atom. The summed E-state index contributed by atoms with van der Waals surface area (Å²) in [6.07, 6.45) is 30.8. The Bertz CT molecular complexity index is 3320. The summed E-state index contributed by atoms with van der Waals surface area (Å²) in [4.78, 5) is 19.1. The Kier molecular flexibility index (Phi) is 27.6. The number of rotatable bonds is 34. The highest BCUT2D eigenvalue weighted by Crippen LogP contribution is 2.40. The van der Waals surface area contributed by atoms with E-state index in [0.717, 1.165) is 160 Å². The maximum atomic E-state index is 6.36. The van der Waals surface area contributed by atoms with E-state index in [2.05, 4.69) is 212 Å². The van der Waals surface area contributed by atoms with E-state index in [1.807, 2.05) is 0 Å². The van der Waals surface area contributed by atoms with Crippen LogP contribution in [-0.4, -0.2) is 111 Å². The molecular formula is C76H98I2N6O4. The Morgan fingerprint density at radius 2 is 0.545 bits per heavy atom. The van der Waals surface area contributed by atoms with Gasteiger partial charge < -0.3 is 85.8 Å². The highest BCUT2D eigenvalue weighted by atomic mass is 127. The fourth-order valence-corrected chi connectivity index (χ4v) is 11.6. The lowest BCUT2D eigenvalue weighted by atomic mass is 10.0. The van der Waals surface area contributed by atoms with E-state index in [0.29, 0.717) is 26.4 Å². The van der Waals surface area contributed by atoms with Gasteiger partial charge in [-0.3, -0.25) is 0 Å². The predicted molar refractivity (Wildman–Crippen MR) is 363 cm³/mol. The molecule has 0 fully saturated rings. The number of aromatic nitrogens is 4. The Morgan fingerprint density at radius 3 is 0.852 bits per heavy atom. The SMILES string of the molecule is CCCCCCCCCCOc1ccc(-c2c3nc(c(-c4ccc(OCCC[N+](C)(C)C)cc4)c4nc(c(-c5ccc(OCCCCCCCCCC)cc5)c5ccc([nH]5)c(-c5ccc(OCCC[N+](C)(C)C)cc5)c5ccc2[nH]5)C=C4)C=C3)cc1.[I-].[I-]. The minimum Gasteiger partial charge on any atom is -1.00 e. The summed E-state index contributed by atoms with van der Waals surface area (Å²) >= 11 is 0. The van der Waals surface area contributed by atoms with Crippen LogP contribution in [0.4, 0.5) is 0 Å². The molecule has 8 bridgehead atoms. The molecule has 2 aliphatic heterocycles. The van der Waals surface area contributed by atoms with Gasteiger partial charge in [-0.25, -0.2) is 9.97 Å². The molecule has 0 amide bonds. The van der Waals surface area contributed by atoms with Crippen molar-refractivity contribution in [3.63, 3.8) is 0 Å². The second-order valence-corrected chi connectivity index (χ2v) is 25.7. The normalized spacial score (nSPS) is 12.0. The summed E-state index contributed by atoms with van der Waals surface area (Å²) in [6.45, 7) is 9.36. The predicted octanol–water partition coefficient (Wildman–Crippen LogP) is 13.3. The second kappa shape index (κ2) is 34.9. The van der Waals surface area contributed by atoms with Crippen molar-refractivity contribution in [3.05, 3.63) is 144 Å². The van der Waals surface area contributed by atoms with Gasteiger partial charge >= 0.3 is 0 Å². The molecule has 88 heavy (non-hydrogen) atoms. The smallest absolute Gasteiger partial charge is 0.119 e. The van der Waals surface area contributed by atoms with Gasteiger partial charge in [0.05, 0.1) is 105 Å². The molecule has 0 aliphatic carbocycles. The first-order valence-corrected chi connectivity index (χ1v) is 32.5. The number of ether oxygens (including phenoxy) is 4. The van der Waals surface area contributed by atoms with E-state index in [-0.39, 0.29) is 48.0 Å². The number of halogens is 2. The third kappa shape index (κ3) is 20.5. The van der Waals surface area contributed by atoms with Gasteiger partial charge in [0.15, 0.2) is 0 Å². The first kappa shape index (κ1) is 69.5. The summed E-state index contributed by atoms with van der Waals surface area (Å²) in [5.74, 6) is 3.44. The third-order valence-corrected chi connectivity index (χ3v) is 16.3. The number of nitrogens with zero attached hydrogens (tertiary/aromatic N) is 4. The van der Waals surface area contributed by atoms with Crippen LogP contribution in [0.1, 0.15) is 152 Å². The van der Waals surface area contributed by atoms with Gasteiger partial charge in [-0.2, -0.15) is 0 Å². The number of unbranched alkanes of at least 4 members (excludes halogenated alkanes) is 14. The zero-order chi connectivity index (χ0) is 60.1. The average Bonchev–Trinajstić information content (AvgIpc) is 1.96. The van der Waals surface area contributed by atoms with Crippen molar-refractivity contribution in [2.24, 2.45) is 0 Å². The highest BCUT2D eigenvalue weighted by Gasteiger charge is 2.21. The topological polar surface area (TPSA) is 94.3 Å². The van der Waals surface area contributed by atoms with E-state index in [1.54, 1.807) is 0 Å². The van der Waals surface area contributed by atoms with Crippen LogP contribution in [-0.2, 0) is 0 Å². The molecule has 5 heterocycles. The summed E-state index contributed by atoms with van der Waals surface area (Å²) in [5.41, 5.74) is 15.2. The molecule has 0 unspecified atom stereocenters. The Labute approximate surface area is 560 Å². The Balaban J connectivity index is 0.00000552. The minimum atomic E-state index is 0. The van der Waals surface area contributed by atoms with Gasteiger partial charge in [0.2, 0.25) is 0 Å². The number of nitrogens with one attached hydrogen (secondary N) is 2. The van der Waals surface area contributed by atoms with Crippen molar-refractivity contribution in [2.45, 2.75) is 129 Å². The number of hydrogen-bond acceptors (Lipinski definition) is 6. The summed E-state index contributed by atoms with van der Waals surface area (Å²) < 4.78 is 27.2. The molecular weight excluding hydrogens is 1310 g/mol. The maximum absolute atomic E-state index is 6.36. The van der Waals surface area contributed by atoms with E-state index < -0.39 is 0 Å². The summed E-state index contributed by atoms with van der Waals surface area (Å²) in [6, 6.07) is 42.9. The number of hydrogen-bond donors (Lipinski definition) is 2.